The first-order valence-corrected chi connectivity index (χ1v) is 9.47. The molecule has 0 saturated heterocycles. The van der Waals surface area contributed by atoms with E-state index in [1.165, 1.54) is 11.3 Å². The van der Waals surface area contributed by atoms with Crippen molar-refractivity contribution in [3.63, 3.8) is 0 Å². The van der Waals surface area contributed by atoms with Gasteiger partial charge >= 0.3 is 7.12 Å². The highest BCUT2D eigenvalue weighted by Crippen LogP contribution is 2.34. The van der Waals surface area contributed by atoms with Gasteiger partial charge in [-0.3, -0.25) is 4.79 Å². The van der Waals surface area contributed by atoms with E-state index in [0.717, 1.165) is 36.2 Å². The van der Waals surface area contributed by atoms with Gasteiger partial charge in [-0.05, 0) is 51.5 Å². The van der Waals surface area contributed by atoms with E-state index in [2.05, 4.69) is 6.92 Å². The molecule has 134 valence electrons. The standard InChI is InChI=1S/C17H28BNO4S/c1-11(2)19(17(20)13-7-5-12(3)6-8-13)14-9-16(18(21)22)24-15(14)10-23-4/h9,11-13,21-22H,5-8,10H2,1-4H3/t12-,13-. The number of thiophene rings is 1. The third-order valence-electron chi connectivity index (χ3n) is 4.71. The Morgan fingerprint density at radius 2 is 2.00 bits per heavy atom. The number of methoxy groups -OCH3 is 1. The number of carbonyl (C=O) groups excluding carboxylic acids is 1. The Bertz CT molecular complexity index is 553. The van der Waals surface area contributed by atoms with E-state index in [1.807, 2.05) is 18.7 Å². The van der Waals surface area contributed by atoms with Crippen molar-refractivity contribution in [2.45, 2.75) is 59.1 Å². The average molecular weight is 353 g/mol. The quantitative estimate of drug-likeness (QED) is 0.769. The molecule has 1 saturated carbocycles. The number of anilines is 1. The van der Waals surface area contributed by atoms with Crippen molar-refractivity contribution in [1.29, 1.82) is 0 Å². The lowest BCUT2D eigenvalue weighted by molar-refractivity contribution is -0.123. The largest absolute Gasteiger partial charge is 0.499 e. The summed E-state index contributed by atoms with van der Waals surface area (Å²) in [6.07, 6.45) is 4.06. The van der Waals surface area contributed by atoms with Gasteiger partial charge in [-0.25, -0.2) is 0 Å². The van der Waals surface area contributed by atoms with Gasteiger partial charge < -0.3 is 19.7 Å². The fourth-order valence-electron chi connectivity index (χ4n) is 3.36. The van der Waals surface area contributed by atoms with E-state index < -0.39 is 7.12 Å². The van der Waals surface area contributed by atoms with E-state index >= 15 is 0 Å². The molecule has 0 spiro atoms. The van der Waals surface area contributed by atoms with Crippen molar-refractivity contribution in [2.75, 3.05) is 12.0 Å². The fourth-order valence-corrected chi connectivity index (χ4v) is 4.36. The number of ether oxygens (including phenoxy) is 1. The van der Waals surface area contributed by atoms with Crippen LogP contribution in [0.5, 0.6) is 0 Å². The maximum atomic E-state index is 13.1. The Morgan fingerprint density at radius 3 is 2.50 bits per heavy atom. The Labute approximate surface area is 148 Å². The second-order valence-electron chi connectivity index (χ2n) is 7.02. The number of nitrogens with zero attached hydrogens (tertiary/aromatic N) is 1. The molecule has 7 heteroatoms. The Balaban J connectivity index is 2.31. The molecule has 24 heavy (non-hydrogen) atoms. The first-order valence-electron chi connectivity index (χ1n) is 8.65. The van der Waals surface area contributed by atoms with Crippen LogP contribution in [0, 0.1) is 11.8 Å². The van der Waals surface area contributed by atoms with Gasteiger partial charge in [0.05, 0.1) is 17.2 Å². The van der Waals surface area contributed by atoms with Crippen LogP contribution < -0.4 is 9.68 Å². The topological polar surface area (TPSA) is 70.0 Å². The van der Waals surface area contributed by atoms with Crippen molar-refractivity contribution in [2.24, 2.45) is 11.8 Å². The predicted octanol–water partition coefficient (Wildman–Crippen LogP) is 2.14. The maximum absolute atomic E-state index is 13.1. The number of hydrogen-bond acceptors (Lipinski definition) is 5. The Kier molecular flexibility index (Phi) is 6.86. The third kappa shape index (κ3) is 4.39. The van der Waals surface area contributed by atoms with Crippen LogP contribution in [-0.4, -0.2) is 36.2 Å². The molecule has 2 N–H and O–H groups in total. The summed E-state index contributed by atoms with van der Waals surface area (Å²) in [5.74, 6) is 0.898. The Morgan fingerprint density at radius 1 is 1.38 bits per heavy atom. The van der Waals surface area contributed by atoms with Crippen LogP contribution in [0.25, 0.3) is 0 Å². The van der Waals surface area contributed by atoms with Crippen molar-refractivity contribution in [3.8, 4) is 0 Å². The number of hydrogen-bond donors (Lipinski definition) is 2. The lowest BCUT2D eigenvalue weighted by Crippen LogP contribution is -2.42. The minimum atomic E-state index is -1.53. The van der Waals surface area contributed by atoms with Crippen LogP contribution in [-0.2, 0) is 16.1 Å². The first-order chi connectivity index (χ1) is 11.3. The molecule has 0 radical (unpaired) electrons. The third-order valence-corrected chi connectivity index (χ3v) is 5.85. The van der Waals surface area contributed by atoms with E-state index in [1.54, 1.807) is 13.2 Å². The van der Waals surface area contributed by atoms with Crippen molar-refractivity contribution >= 4 is 34.8 Å². The van der Waals surface area contributed by atoms with E-state index in [9.17, 15) is 14.8 Å². The van der Waals surface area contributed by atoms with E-state index in [-0.39, 0.29) is 17.9 Å². The molecule has 1 aliphatic carbocycles. The molecule has 0 bridgehead atoms. The molecular weight excluding hydrogens is 325 g/mol. The van der Waals surface area contributed by atoms with Crippen molar-refractivity contribution < 1.29 is 19.6 Å². The van der Waals surface area contributed by atoms with Gasteiger partial charge in [0, 0.05) is 23.8 Å². The van der Waals surface area contributed by atoms with Gasteiger partial charge in [0.15, 0.2) is 0 Å². The van der Waals surface area contributed by atoms with Gasteiger partial charge in [0.2, 0.25) is 5.91 Å². The van der Waals surface area contributed by atoms with E-state index in [4.69, 9.17) is 4.74 Å². The van der Waals surface area contributed by atoms with Crippen molar-refractivity contribution in [1.82, 2.24) is 0 Å². The molecule has 1 aromatic rings. The minimum Gasteiger partial charge on any atom is -0.423 e. The highest BCUT2D eigenvalue weighted by atomic mass is 32.1. The second-order valence-corrected chi connectivity index (χ2v) is 8.19. The SMILES string of the molecule is COCc1sc(B(O)O)cc1N(C(=O)[C@H]1CC[C@H](C)CC1)C(C)C. The summed E-state index contributed by atoms with van der Waals surface area (Å²) in [6, 6.07) is 1.72. The zero-order chi connectivity index (χ0) is 17.9. The molecule has 1 amide bonds. The van der Waals surface area contributed by atoms with Crippen LogP contribution in [0.4, 0.5) is 5.69 Å². The van der Waals surface area contributed by atoms with Crippen LogP contribution in [0.15, 0.2) is 6.07 Å². The molecule has 2 rings (SSSR count). The molecule has 5 nitrogen and oxygen atoms in total. The van der Waals surface area contributed by atoms with Gasteiger partial charge in [0.1, 0.15) is 0 Å². The molecule has 1 fully saturated rings. The average Bonchev–Trinajstić information content (AvgIpc) is 2.92. The highest BCUT2D eigenvalue weighted by molar-refractivity contribution is 7.22. The monoisotopic (exact) mass is 353 g/mol. The number of carbonyl (C=O) groups is 1. The van der Waals surface area contributed by atoms with Crippen LogP contribution in [0.1, 0.15) is 51.3 Å². The minimum absolute atomic E-state index is 0.00532. The van der Waals surface area contributed by atoms with Gasteiger partial charge in [-0.15, -0.1) is 11.3 Å². The first kappa shape index (κ1) is 19.4. The highest BCUT2D eigenvalue weighted by Gasteiger charge is 2.32. The lowest BCUT2D eigenvalue weighted by Gasteiger charge is -2.33. The molecule has 0 aliphatic heterocycles. The van der Waals surface area contributed by atoms with Crippen LogP contribution in [0.3, 0.4) is 0 Å². The Hall–Kier alpha value is -0.885. The number of amides is 1. The summed E-state index contributed by atoms with van der Waals surface area (Å²) >= 11 is 1.28. The molecule has 1 aliphatic rings. The molecule has 0 aromatic carbocycles. The maximum Gasteiger partial charge on any atom is 0.499 e. The fraction of sp³-hybridized carbons (Fsp3) is 0.706. The molecule has 1 aromatic heterocycles. The second kappa shape index (κ2) is 8.47. The zero-order valence-electron chi connectivity index (χ0n) is 15.0. The van der Waals surface area contributed by atoms with Crippen LogP contribution >= 0.6 is 11.3 Å². The summed E-state index contributed by atoms with van der Waals surface area (Å²) in [6.45, 7) is 6.58. The summed E-state index contributed by atoms with van der Waals surface area (Å²) in [5.41, 5.74) is 0.753. The van der Waals surface area contributed by atoms with Crippen LogP contribution in [0.2, 0.25) is 0 Å². The predicted molar refractivity (Wildman–Crippen MR) is 98.6 cm³/mol. The van der Waals surface area contributed by atoms with Gasteiger partial charge in [-0.1, -0.05) is 6.92 Å². The van der Waals surface area contributed by atoms with Gasteiger partial charge in [-0.2, -0.15) is 0 Å². The summed E-state index contributed by atoms with van der Waals surface area (Å²) in [5, 5.41) is 19.0. The van der Waals surface area contributed by atoms with E-state index in [0.29, 0.717) is 17.3 Å². The summed E-state index contributed by atoms with van der Waals surface area (Å²) in [4.78, 5) is 15.8. The summed E-state index contributed by atoms with van der Waals surface area (Å²) in [7, 11) is 0.0711. The van der Waals surface area contributed by atoms with Crippen molar-refractivity contribution in [3.05, 3.63) is 10.9 Å². The lowest BCUT2D eigenvalue weighted by atomic mass is 9.82. The molecule has 0 unspecified atom stereocenters. The summed E-state index contributed by atoms with van der Waals surface area (Å²) < 4.78 is 5.68. The van der Waals surface area contributed by atoms with Gasteiger partial charge in [0.25, 0.3) is 0 Å². The molecule has 1 heterocycles. The normalized spacial score (nSPS) is 21.1. The number of rotatable bonds is 6. The molecular formula is C17H28BNO4S. The smallest absolute Gasteiger partial charge is 0.423 e. The zero-order valence-corrected chi connectivity index (χ0v) is 15.8. The molecule has 0 atom stereocenters.